The Morgan fingerprint density at radius 3 is 2.40 bits per heavy atom. The lowest BCUT2D eigenvalue weighted by molar-refractivity contribution is 0.0968. The van der Waals surface area contributed by atoms with Gasteiger partial charge < -0.3 is 9.47 Å². The average Bonchev–Trinajstić information content (AvgIpc) is 2.45. The molecule has 0 saturated carbocycles. The van der Waals surface area contributed by atoms with E-state index in [1.807, 2.05) is 0 Å². The van der Waals surface area contributed by atoms with Crippen molar-refractivity contribution < 1.29 is 14.3 Å². The quantitative estimate of drug-likeness (QED) is 0.665. The highest BCUT2D eigenvalue weighted by Crippen LogP contribution is 2.11. The van der Waals surface area contributed by atoms with Crippen LogP contribution < -0.4 is 10.1 Å². The smallest absolute Gasteiger partial charge is 0.291 e. The molecule has 0 fully saturated rings. The Morgan fingerprint density at radius 1 is 1.25 bits per heavy atom. The van der Waals surface area contributed by atoms with E-state index in [-0.39, 0.29) is 11.9 Å². The Kier molecular flexibility index (Phi) is 6.56. The number of hydrogen-bond donors (Lipinski definition) is 1. The second-order valence-electron chi connectivity index (χ2n) is 4.76. The minimum absolute atomic E-state index is 0.242. The molecular weight excluding hydrogens is 256 g/mol. The number of amidine groups is 1. The first-order valence-corrected chi connectivity index (χ1v) is 6.60. The summed E-state index contributed by atoms with van der Waals surface area (Å²) >= 11 is 0. The number of nitrogens with one attached hydrogen (secondary N) is 1. The van der Waals surface area contributed by atoms with Crippen LogP contribution in [0, 0.1) is 5.92 Å². The highest BCUT2D eigenvalue weighted by atomic mass is 16.5. The minimum atomic E-state index is -0.252. The summed E-state index contributed by atoms with van der Waals surface area (Å²) in [7, 11) is 3.07. The predicted molar refractivity (Wildman–Crippen MR) is 79.2 cm³/mol. The monoisotopic (exact) mass is 278 g/mol. The molecule has 0 aliphatic rings. The Labute approximate surface area is 120 Å². The fourth-order valence-corrected chi connectivity index (χ4v) is 1.49. The van der Waals surface area contributed by atoms with Crippen LogP contribution in [0.2, 0.25) is 0 Å². The lowest BCUT2D eigenvalue weighted by Gasteiger charge is -2.08. The van der Waals surface area contributed by atoms with Crippen LogP contribution in [-0.4, -0.2) is 32.7 Å². The highest BCUT2D eigenvalue weighted by Gasteiger charge is 2.09. The van der Waals surface area contributed by atoms with Crippen molar-refractivity contribution in [1.82, 2.24) is 5.32 Å². The minimum Gasteiger partial charge on any atom is -0.497 e. The first-order chi connectivity index (χ1) is 9.56. The van der Waals surface area contributed by atoms with Gasteiger partial charge in [0.25, 0.3) is 11.9 Å². The van der Waals surface area contributed by atoms with Crippen LogP contribution >= 0.6 is 0 Å². The van der Waals surface area contributed by atoms with Crippen LogP contribution in [0.3, 0.4) is 0 Å². The summed E-state index contributed by atoms with van der Waals surface area (Å²) in [5.74, 6) is 1.02. The van der Waals surface area contributed by atoms with E-state index in [0.717, 1.165) is 6.42 Å². The van der Waals surface area contributed by atoms with E-state index in [0.29, 0.717) is 23.8 Å². The SMILES string of the molecule is COC(=NCCC(C)C)NC(=O)c1ccc(OC)cc1. The topological polar surface area (TPSA) is 59.9 Å². The Balaban J connectivity index is 2.61. The van der Waals surface area contributed by atoms with E-state index in [9.17, 15) is 4.79 Å². The van der Waals surface area contributed by atoms with Crippen molar-refractivity contribution in [3.05, 3.63) is 29.8 Å². The van der Waals surface area contributed by atoms with Gasteiger partial charge in [0.15, 0.2) is 0 Å². The molecule has 0 atom stereocenters. The van der Waals surface area contributed by atoms with E-state index in [4.69, 9.17) is 9.47 Å². The Morgan fingerprint density at radius 2 is 1.90 bits per heavy atom. The zero-order valence-electron chi connectivity index (χ0n) is 12.5. The number of aliphatic imine (C=N–C) groups is 1. The molecular formula is C15H22N2O3. The van der Waals surface area contributed by atoms with Crippen LogP contribution in [0.15, 0.2) is 29.3 Å². The lowest BCUT2D eigenvalue weighted by Crippen LogP contribution is -2.32. The summed E-state index contributed by atoms with van der Waals surface area (Å²) in [6.07, 6.45) is 0.950. The zero-order valence-corrected chi connectivity index (χ0v) is 12.5. The van der Waals surface area contributed by atoms with E-state index >= 15 is 0 Å². The van der Waals surface area contributed by atoms with Crippen molar-refractivity contribution >= 4 is 11.9 Å². The molecule has 5 heteroatoms. The number of benzene rings is 1. The molecule has 0 aliphatic carbocycles. The summed E-state index contributed by atoms with van der Waals surface area (Å²) in [6.45, 7) is 4.87. The van der Waals surface area contributed by atoms with Gasteiger partial charge in [-0.05, 0) is 36.6 Å². The third kappa shape index (κ3) is 5.30. The van der Waals surface area contributed by atoms with Crippen LogP contribution in [0.5, 0.6) is 5.75 Å². The zero-order chi connectivity index (χ0) is 15.0. The largest absolute Gasteiger partial charge is 0.497 e. The molecule has 0 heterocycles. The van der Waals surface area contributed by atoms with Crippen LogP contribution in [0.1, 0.15) is 30.6 Å². The highest BCUT2D eigenvalue weighted by molar-refractivity contribution is 6.04. The molecule has 20 heavy (non-hydrogen) atoms. The average molecular weight is 278 g/mol. The maximum absolute atomic E-state index is 12.0. The van der Waals surface area contributed by atoms with Crippen LogP contribution in [0.4, 0.5) is 0 Å². The second kappa shape index (κ2) is 8.19. The molecule has 1 N–H and O–H groups in total. The van der Waals surface area contributed by atoms with Gasteiger partial charge in [0.1, 0.15) is 5.75 Å². The predicted octanol–water partition coefficient (Wildman–Crippen LogP) is 2.47. The van der Waals surface area contributed by atoms with Crippen molar-refractivity contribution in [3.63, 3.8) is 0 Å². The van der Waals surface area contributed by atoms with E-state index < -0.39 is 0 Å². The number of carbonyl (C=O) groups excluding carboxylic acids is 1. The van der Waals surface area contributed by atoms with Gasteiger partial charge in [-0.3, -0.25) is 10.1 Å². The number of carbonyl (C=O) groups is 1. The van der Waals surface area contributed by atoms with Gasteiger partial charge in [-0.1, -0.05) is 13.8 Å². The van der Waals surface area contributed by atoms with Crippen molar-refractivity contribution in [1.29, 1.82) is 0 Å². The summed E-state index contributed by atoms with van der Waals surface area (Å²) < 4.78 is 10.1. The molecule has 0 radical (unpaired) electrons. The van der Waals surface area contributed by atoms with E-state index in [1.165, 1.54) is 7.11 Å². The van der Waals surface area contributed by atoms with Crippen LogP contribution in [-0.2, 0) is 4.74 Å². The fraction of sp³-hybridized carbons (Fsp3) is 0.467. The maximum Gasteiger partial charge on any atom is 0.291 e. The molecule has 0 spiro atoms. The van der Waals surface area contributed by atoms with E-state index in [1.54, 1.807) is 31.4 Å². The normalized spacial score (nSPS) is 11.3. The van der Waals surface area contributed by atoms with Gasteiger partial charge in [0.05, 0.1) is 14.2 Å². The summed E-state index contributed by atoms with van der Waals surface area (Å²) in [5, 5.41) is 2.64. The van der Waals surface area contributed by atoms with Crippen molar-refractivity contribution in [2.45, 2.75) is 20.3 Å². The first-order valence-electron chi connectivity index (χ1n) is 6.60. The van der Waals surface area contributed by atoms with Gasteiger partial charge in [-0.2, -0.15) is 0 Å². The molecule has 1 rings (SSSR count). The molecule has 0 saturated heterocycles. The maximum atomic E-state index is 12.0. The summed E-state index contributed by atoms with van der Waals surface area (Å²) in [5.41, 5.74) is 0.527. The van der Waals surface area contributed by atoms with Crippen molar-refractivity contribution in [2.24, 2.45) is 10.9 Å². The number of methoxy groups -OCH3 is 2. The van der Waals surface area contributed by atoms with Crippen LogP contribution in [0.25, 0.3) is 0 Å². The number of rotatable bonds is 5. The number of amides is 1. The molecule has 1 aromatic rings. The molecule has 110 valence electrons. The lowest BCUT2D eigenvalue weighted by atomic mass is 10.1. The third-order valence-corrected chi connectivity index (χ3v) is 2.73. The summed E-state index contributed by atoms with van der Waals surface area (Å²) in [4.78, 5) is 16.2. The van der Waals surface area contributed by atoms with Gasteiger partial charge in [-0.15, -0.1) is 0 Å². The van der Waals surface area contributed by atoms with Gasteiger partial charge in [0, 0.05) is 12.1 Å². The molecule has 0 bridgehead atoms. The number of nitrogens with zero attached hydrogens (tertiary/aromatic N) is 1. The molecule has 0 unspecified atom stereocenters. The molecule has 0 aromatic heterocycles. The molecule has 1 amide bonds. The summed E-state index contributed by atoms with van der Waals surface area (Å²) in [6, 6.07) is 7.09. The molecule has 1 aromatic carbocycles. The molecule has 0 aliphatic heterocycles. The third-order valence-electron chi connectivity index (χ3n) is 2.73. The van der Waals surface area contributed by atoms with Gasteiger partial charge in [0.2, 0.25) is 0 Å². The molecule has 5 nitrogen and oxygen atoms in total. The Bertz CT molecular complexity index is 453. The standard InChI is InChI=1S/C15H22N2O3/c1-11(2)9-10-16-15(20-4)17-14(18)12-5-7-13(19-3)8-6-12/h5-8,11H,9-10H2,1-4H3,(H,16,17,18). The van der Waals surface area contributed by atoms with Crippen molar-refractivity contribution in [3.8, 4) is 5.75 Å². The number of ether oxygens (including phenoxy) is 2. The van der Waals surface area contributed by atoms with Crippen molar-refractivity contribution in [2.75, 3.05) is 20.8 Å². The first kappa shape index (κ1) is 16.0. The fourth-order valence-electron chi connectivity index (χ4n) is 1.49. The second-order valence-corrected chi connectivity index (χ2v) is 4.76. The number of hydrogen-bond acceptors (Lipinski definition) is 4. The Hall–Kier alpha value is -2.04. The van der Waals surface area contributed by atoms with E-state index in [2.05, 4.69) is 24.2 Å². The van der Waals surface area contributed by atoms with Gasteiger partial charge in [-0.25, -0.2) is 4.99 Å². The van der Waals surface area contributed by atoms with Gasteiger partial charge >= 0.3 is 0 Å².